The summed E-state index contributed by atoms with van der Waals surface area (Å²) in [7, 11) is 0. The minimum Gasteiger partial charge on any atom is -0.475 e. The Morgan fingerprint density at radius 2 is 2.00 bits per heavy atom. The highest BCUT2D eigenvalue weighted by atomic mass is 35.5. The van der Waals surface area contributed by atoms with Crippen molar-refractivity contribution in [1.82, 2.24) is 9.97 Å². The molecule has 0 amide bonds. The van der Waals surface area contributed by atoms with Gasteiger partial charge in [-0.15, -0.1) is 0 Å². The van der Waals surface area contributed by atoms with Crippen molar-refractivity contribution in [2.75, 3.05) is 19.8 Å². The molecule has 0 aromatic carbocycles. The lowest BCUT2D eigenvalue weighted by molar-refractivity contribution is -0.141. The normalized spacial score (nSPS) is 11.6. The molecule has 1 aromatic rings. The average Bonchev–Trinajstić information content (AvgIpc) is 2.22. The van der Waals surface area contributed by atoms with Crippen molar-refractivity contribution in [3.8, 4) is 5.88 Å². The van der Waals surface area contributed by atoms with E-state index in [1.165, 1.54) is 0 Å². The number of nitrogens with zero attached hydrogens (tertiary/aromatic N) is 2. The van der Waals surface area contributed by atoms with E-state index >= 15 is 0 Å². The van der Waals surface area contributed by atoms with Crippen LogP contribution in [0.2, 0.25) is 5.28 Å². The lowest BCUT2D eigenvalue weighted by atomic mass is 10.4. The van der Waals surface area contributed by atoms with Gasteiger partial charge in [-0.3, -0.25) is 0 Å². The predicted octanol–water partition coefficient (Wildman–Crippen LogP) is 2.56. The van der Waals surface area contributed by atoms with Crippen molar-refractivity contribution in [3.63, 3.8) is 0 Å². The summed E-state index contributed by atoms with van der Waals surface area (Å²) in [4.78, 5) is 6.59. The third-order valence-electron chi connectivity index (χ3n) is 1.65. The fourth-order valence-corrected chi connectivity index (χ4v) is 1.14. The van der Waals surface area contributed by atoms with E-state index in [4.69, 9.17) is 21.1 Å². The zero-order chi connectivity index (χ0) is 12.9. The van der Waals surface area contributed by atoms with Crippen LogP contribution in [-0.4, -0.2) is 29.8 Å². The maximum absolute atomic E-state index is 12.4. The van der Waals surface area contributed by atoms with Crippen LogP contribution in [0.15, 0.2) is 6.07 Å². The lowest BCUT2D eigenvalue weighted by Crippen LogP contribution is -2.12. The fraction of sp³-hybridized carbons (Fsp3) is 0.556. The topological polar surface area (TPSA) is 44.2 Å². The molecule has 0 N–H and O–H groups in total. The average molecular weight is 271 g/mol. The Bertz CT molecular complexity index is 374. The molecule has 17 heavy (non-hydrogen) atoms. The zero-order valence-electron chi connectivity index (χ0n) is 8.92. The van der Waals surface area contributed by atoms with Crippen LogP contribution in [0.4, 0.5) is 13.2 Å². The van der Waals surface area contributed by atoms with E-state index in [0.717, 1.165) is 0 Å². The van der Waals surface area contributed by atoms with Gasteiger partial charge in [0.25, 0.3) is 0 Å². The molecule has 8 heteroatoms. The van der Waals surface area contributed by atoms with Crippen LogP contribution >= 0.6 is 11.6 Å². The van der Waals surface area contributed by atoms with Gasteiger partial charge in [0, 0.05) is 12.7 Å². The highest BCUT2D eigenvalue weighted by molar-refractivity contribution is 6.28. The quantitative estimate of drug-likeness (QED) is 0.609. The molecule has 0 fully saturated rings. The van der Waals surface area contributed by atoms with Crippen LogP contribution in [0.3, 0.4) is 0 Å². The van der Waals surface area contributed by atoms with Crippen molar-refractivity contribution in [2.24, 2.45) is 0 Å². The number of alkyl halides is 3. The SMILES string of the molecule is CCOCCOc1cc(C(F)(F)F)nc(Cl)n1. The van der Waals surface area contributed by atoms with E-state index in [1.54, 1.807) is 6.92 Å². The van der Waals surface area contributed by atoms with E-state index in [9.17, 15) is 13.2 Å². The second-order valence-electron chi connectivity index (χ2n) is 2.90. The van der Waals surface area contributed by atoms with Crippen LogP contribution in [0.5, 0.6) is 5.88 Å². The van der Waals surface area contributed by atoms with Gasteiger partial charge in [0.2, 0.25) is 11.2 Å². The summed E-state index contributed by atoms with van der Waals surface area (Å²) in [6.45, 7) is 2.66. The fourth-order valence-electron chi connectivity index (χ4n) is 0.965. The van der Waals surface area contributed by atoms with Gasteiger partial charge >= 0.3 is 6.18 Å². The van der Waals surface area contributed by atoms with Gasteiger partial charge in [-0.25, -0.2) is 4.98 Å². The first-order valence-electron chi connectivity index (χ1n) is 4.75. The predicted molar refractivity (Wildman–Crippen MR) is 54.0 cm³/mol. The van der Waals surface area contributed by atoms with Gasteiger partial charge < -0.3 is 9.47 Å². The molecule has 0 saturated carbocycles. The smallest absolute Gasteiger partial charge is 0.433 e. The number of hydrogen-bond donors (Lipinski definition) is 0. The Balaban J connectivity index is 2.69. The Morgan fingerprint density at radius 3 is 2.59 bits per heavy atom. The second-order valence-corrected chi connectivity index (χ2v) is 3.24. The van der Waals surface area contributed by atoms with Crippen molar-refractivity contribution < 1.29 is 22.6 Å². The molecule has 0 bridgehead atoms. The Hall–Kier alpha value is -1.08. The molecule has 0 spiro atoms. The van der Waals surface area contributed by atoms with E-state index in [2.05, 4.69) is 9.97 Å². The summed E-state index contributed by atoms with van der Waals surface area (Å²) in [5, 5.41) is -0.508. The Morgan fingerprint density at radius 1 is 1.29 bits per heavy atom. The van der Waals surface area contributed by atoms with E-state index in [0.29, 0.717) is 12.7 Å². The van der Waals surface area contributed by atoms with Crippen LogP contribution in [0, 0.1) is 0 Å². The maximum Gasteiger partial charge on any atom is 0.433 e. The first kappa shape index (κ1) is 14.0. The van der Waals surface area contributed by atoms with Gasteiger partial charge in [0.05, 0.1) is 6.61 Å². The number of halogens is 4. The van der Waals surface area contributed by atoms with Crippen LogP contribution in [0.25, 0.3) is 0 Å². The summed E-state index contributed by atoms with van der Waals surface area (Å²) in [6.07, 6.45) is -4.58. The molecular weight excluding hydrogens is 261 g/mol. The maximum atomic E-state index is 12.4. The number of rotatable bonds is 5. The molecule has 0 atom stereocenters. The molecule has 0 aliphatic carbocycles. The molecule has 0 radical (unpaired) electrons. The monoisotopic (exact) mass is 270 g/mol. The molecule has 1 aromatic heterocycles. The largest absolute Gasteiger partial charge is 0.475 e. The number of hydrogen-bond acceptors (Lipinski definition) is 4. The van der Waals surface area contributed by atoms with Crippen LogP contribution in [-0.2, 0) is 10.9 Å². The summed E-state index contributed by atoms with van der Waals surface area (Å²) < 4.78 is 47.0. The first-order chi connectivity index (χ1) is 7.93. The highest BCUT2D eigenvalue weighted by Gasteiger charge is 2.33. The summed E-state index contributed by atoms with van der Waals surface area (Å²) in [5.74, 6) is -0.225. The molecule has 0 aliphatic rings. The number of ether oxygens (including phenoxy) is 2. The molecule has 0 aliphatic heterocycles. The molecular formula is C9H10ClF3N2O2. The summed E-state index contributed by atoms with van der Waals surface area (Å²) in [6, 6.07) is 0.692. The Kier molecular flexibility index (Phi) is 4.95. The van der Waals surface area contributed by atoms with Gasteiger partial charge in [-0.05, 0) is 18.5 Å². The van der Waals surface area contributed by atoms with Gasteiger partial charge in [-0.2, -0.15) is 18.2 Å². The molecule has 1 heterocycles. The molecule has 0 unspecified atom stereocenters. The molecule has 1 rings (SSSR count). The highest BCUT2D eigenvalue weighted by Crippen LogP contribution is 2.30. The van der Waals surface area contributed by atoms with Crippen molar-refractivity contribution >= 4 is 11.6 Å². The molecule has 96 valence electrons. The van der Waals surface area contributed by atoms with Gasteiger partial charge in [-0.1, -0.05) is 0 Å². The zero-order valence-corrected chi connectivity index (χ0v) is 9.68. The van der Waals surface area contributed by atoms with E-state index < -0.39 is 17.2 Å². The Labute approximate surface area is 101 Å². The van der Waals surface area contributed by atoms with Crippen molar-refractivity contribution in [3.05, 3.63) is 17.0 Å². The molecule has 4 nitrogen and oxygen atoms in total. The second kappa shape index (κ2) is 6.02. The first-order valence-corrected chi connectivity index (χ1v) is 5.13. The summed E-state index contributed by atoms with van der Waals surface area (Å²) in [5.41, 5.74) is -1.14. The third-order valence-corrected chi connectivity index (χ3v) is 1.82. The summed E-state index contributed by atoms with van der Waals surface area (Å²) >= 11 is 5.36. The van der Waals surface area contributed by atoms with Crippen molar-refractivity contribution in [1.29, 1.82) is 0 Å². The van der Waals surface area contributed by atoms with Gasteiger partial charge in [0.15, 0.2) is 5.69 Å². The van der Waals surface area contributed by atoms with E-state index in [1.807, 2.05) is 0 Å². The minimum atomic E-state index is -4.58. The minimum absolute atomic E-state index is 0.0957. The third kappa shape index (κ3) is 4.74. The van der Waals surface area contributed by atoms with E-state index in [-0.39, 0.29) is 19.1 Å². The number of aromatic nitrogens is 2. The van der Waals surface area contributed by atoms with Crippen LogP contribution in [0.1, 0.15) is 12.6 Å². The van der Waals surface area contributed by atoms with Gasteiger partial charge in [0.1, 0.15) is 6.61 Å². The van der Waals surface area contributed by atoms with Crippen LogP contribution < -0.4 is 4.74 Å². The van der Waals surface area contributed by atoms with Crippen molar-refractivity contribution in [2.45, 2.75) is 13.1 Å². The standard InChI is InChI=1S/C9H10ClF3N2O2/c1-2-16-3-4-17-7-5-6(9(11,12)13)14-8(10)15-7/h5H,2-4H2,1H3. The molecule has 0 saturated heterocycles. The lowest BCUT2D eigenvalue weighted by Gasteiger charge is -2.09.